The van der Waals surface area contributed by atoms with E-state index in [0.29, 0.717) is 36.2 Å². The Bertz CT molecular complexity index is 571. The normalized spacial score (nSPS) is 20.0. The summed E-state index contributed by atoms with van der Waals surface area (Å²) in [6.07, 6.45) is 3.06. The molecule has 0 aromatic carbocycles. The molecule has 1 atom stereocenters. The second-order valence-electron chi connectivity index (χ2n) is 4.50. The number of rotatable bonds is 2. The fourth-order valence-electron chi connectivity index (χ4n) is 2.59. The summed E-state index contributed by atoms with van der Waals surface area (Å²) in [4.78, 5) is 11.1. The van der Waals surface area contributed by atoms with Gasteiger partial charge in [-0.05, 0) is 37.8 Å². The van der Waals surface area contributed by atoms with Crippen LogP contribution < -0.4 is 0 Å². The highest BCUT2D eigenvalue weighted by atomic mass is 32.2. The Hall–Kier alpha value is -1.30. The first kappa shape index (κ1) is 12.2. The van der Waals surface area contributed by atoms with Crippen molar-refractivity contribution >= 4 is 16.0 Å². The van der Waals surface area contributed by atoms with Crippen LogP contribution in [0.4, 0.5) is 0 Å². The molecule has 1 aliphatic carbocycles. The van der Waals surface area contributed by atoms with Crippen LogP contribution >= 0.6 is 0 Å². The molecule has 0 saturated heterocycles. The minimum atomic E-state index is -3.36. The second kappa shape index (κ2) is 3.87. The van der Waals surface area contributed by atoms with Crippen molar-refractivity contribution in [2.24, 2.45) is 0 Å². The molecule has 1 unspecified atom stereocenters. The number of hydrogen-bond acceptors (Lipinski definition) is 3. The van der Waals surface area contributed by atoms with E-state index in [1.807, 2.05) is 0 Å². The summed E-state index contributed by atoms with van der Waals surface area (Å²) in [6.45, 7) is 1.69. The third kappa shape index (κ3) is 1.97. The molecule has 1 aliphatic rings. The Balaban J connectivity index is 2.65. The van der Waals surface area contributed by atoms with E-state index < -0.39 is 21.9 Å². The molecule has 0 aliphatic heterocycles. The van der Waals surface area contributed by atoms with Crippen molar-refractivity contribution in [2.45, 2.75) is 32.1 Å². The highest BCUT2D eigenvalue weighted by Gasteiger charge is 2.31. The average Bonchev–Trinajstić information content (AvgIpc) is 2.51. The summed E-state index contributed by atoms with van der Waals surface area (Å²) in [5.41, 5.74) is 1.89. The molecule has 0 spiro atoms. The van der Waals surface area contributed by atoms with Gasteiger partial charge in [-0.1, -0.05) is 0 Å². The van der Waals surface area contributed by atoms with E-state index in [1.165, 1.54) is 3.97 Å². The molecule has 17 heavy (non-hydrogen) atoms. The molecule has 2 rings (SSSR count). The van der Waals surface area contributed by atoms with E-state index in [1.54, 1.807) is 13.0 Å². The molecule has 0 fully saturated rings. The summed E-state index contributed by atoms with van der Waals surface area (Å²) in [5, 5.41) is 9.13. The summed E-state index contributed by atoms with van der Waals surface area (Å²) in [6, 6.07) is 1.69. The lowest BCUT2D eigenvalue weighted by atomic mass is 9.87. The molecule has 0 radical (unpaired) electrons. The fraction of sp³-hybridized carbons (Fsp3) is 0.545. The third-order valence-electron chi connectivity index (χ3n) is 3.17. The van der Waals surface area contributed by atoms with Crippen LogP contribution in [0.2, 0.25) is 0 Å². The maximum atomic E-state index is 11.7. The zero-order valence-corrected chi connectivity index (χ0v) is 10.6. The number of fused-ring (bicyclic) bond motifs is 1. The van der Waals surface area contributed by atoms with E-state index in [-0.39, 0.29) is 0 Å². The van der Waals surface area contributed by atoms with Gasteiger partial charge in [-0.2, -0.15) is 0 Å². The van der Waals surface area contributed by atoms with Crippen LogP contribution in [-0.4, -0.2) is 29.7 Å². The Labute approximate surface area is 100 Å². The molecule has 6 heteroatoms. The topological polar surface area (TPSA) is 76.4 Å². The van der Waals surface area contributed by atoms with Crippen LogP contribution in [0, 0.1) is 6.92 Å². The van der Waals surface area contributed by atoms with Gasteiger partial charge in [-0.25, -0.2) is 12.4 Å². The largest absolute Gasteiger partial charge is 0.481 e. The van der Waals surface area contributed by atoms with Crippen LogP contribution in [-0.2, 0) is 21.2 Å². The number of nitrogens with zero attached hydrogens (tertiary/aromatic N) is 1. The van der Waals surface area contributed by atoms with Gasteiger partial charge in [0.1, 0.15) is 0 Å². The van der Waals surface area contributed by atoms with Gasteiger partial charge in [0.2, 0.25) is 10.0 Å². The molecular formula is C11H15NO4S. The van der Waals surface area contributed by atoms with Crippen molar-refractivity contribution in [3.8, 4) is 0 Å². The lowest BCUT2D eigenvalue weighted by Gasteiger charge is -2.20. The number of aryl methyl sites for hydroxylation is 1. The average molecular weight is 257 g/mol. The molecule has 1 N–H and O–H groups in total. The summed E-state index contributed by atoms with van der Waals surface area (Å²) >= 11 is 0. The van der Waals surface area contributed by atoms with Crippen LogP contribution in [0.3, 0.4) is 0 Å². The van der Waals surface area contributed by atoms with Crippen molar-refractivity contribution in [3.63, 3.8) is 0 Å². The Kier molecular flexibility index (Phi) is 2.77. The quantitative estimate of drug-likeness (QED) is 0.861. The van der Waals surface area contributed by atoms with Crippen LogP contribution in [0.25, 0.3) is 0 Å². The fourth-order valence-corrected chi connectivity index (χ4v) is 3.76. The van der Waals surface area contributed by atoms with Gasteiger partial charge in [0, 0.05) is 11.4 Å². The van der Waals surface area contributed by atoms with Gasteiger partial charge in [-0.15, -0.1) is 0 Å². The summed E-state index contributed by atoms with van der Waals surface area (Å²) in [7, 11) is -3.36. The third-order valence-corrected chi connectivity index (χ3v) is 4.35. The first-order valence-electron chi connectivity index (χ1n) is 5.47. The van der Waals surface area contributed by atoms with E-state index >= 15 is 0 Å². The minimum Gasteiger partial charge on any atom is -0.481 e. The highest BCUT2D eigenvalue weighted by Crippen LogP contribution is 2.34. The molecule has 0 saturated carbocycles. The number of carboxylic acids is 1. The van der Waals surface area contributed by atoms with Crippen LogP contribution in [0.5, 0.6) is 0 Å². The van der Waals surface area contributed by atoms with E-state index in [0.717, 1.165) is 6.26 Å². The van der Waals surface area contributed by atoms with Crippen molar-refractivity contribution in [2.75, 3.05) is 6.26 Å². The first-order valence-corrected chi connectivity index (χ1v) is 7.31. The predicted molar refractivity (Wildman–Crippen MR) is 62.7 cm³/mol. The Morgan fingerprint density at radius 2 is 2.18 bits per heavy atom. The molecule has 1 aromatic heterocycles. The number of hydrogen-bond donors (Lipinski definition) is 1. The zero-order chi connectivity index (χ0) is 12.8. The number of carbonyl (C=O) groups is 1. The van der Waals surface area contributed by atoms with Crippen LogP contribution in [0.1, 0.15) is 35.7 Å². The van der Waals surface area contributed by atoms with Crippen molar-refractivity contribution in [3.05, 3.63) is 23.0 Å². The molecular weight excluding hydrogens is 242 g/mol. The summed E-state index contributed by atoms with van der Waals surface area (Å²) in [5.74, 6) is -1.45. The standard InChI is InChI=1S/C11H15NO4S/c1-7-6-9-8(11(13)14)4-3-5-10(9)12(7)17(2,15)16/h6,8H,3-5H2,1-2H3,(H,13,14). The zero-order valence-electron chi connectivity index (χ0n) is 9.80. The van der Waals surface area contributed by atoms with Gasteiger partial charge in [0.05, 0.1) is 12.2 Å². The Morgan fingerprint density at radius 3 is 2.71 bits per heavy atom. The SMILES string of the molecule is Cc1cc2c(n1S(C)(=O)=O)CCCC2C(=O)O. The van der Waals surface area contributed by atoms with Gasteiger partial charge in [0.25, 0.3) is 0 Å². The maximum Gasteiger partial charge on any atom is 0.311 e. The van der Waals surface area contributed by atoms with Crippen molar-refractivity contribution < 1.29 is 18.3 Å². The van der Waals surface area contributed by atoms with Gasteiger partial charge >= 0.3 is 5.97 Å². The Morgan fingerprint density at radius 1 is 1.53 bits per heavy atom. The maximum absolute atomic E-state index is 11.7. The molecule has 0 bridgehead atoms. The lowest BCUT2D eigenvalue weighted by molar-refractivity contribution is -0.139. The van der Waals surface area contributed by atoms with Gasteiger partial charge in [-0.3, -0.25) is 4.79 Å². The highest BCUT2D eigenvalue weighted by molar-refractivity contribution is 7.89. The molecule has 1 aromatic rings. The minimum absolute atomic E-state index is 0.569. The smallest absolute Gasteiger partial charge is 0.311 e. The molecule has 5 nitrogen and oxygen atoms in total. The van der Waals surface area contributed by atoms with E-state index in [2.05, 4.69) is 0 Å². The predicted octanol–water partition coefficient (Wildman–Crippen LogP) is 1.11. The molecule has 0 amide bonds. The first-order chi connectivity index (χ1) is 7.82. The van der Waals surface area contributed by atoms with E-state index in [9.17, 15) is 13.2 Å². The van der Waals surface area contributed by atoms with Crippen molar-refractivity contribution in [1.29, 1.82) is 0 Å². The number of aromatic nitrogens is 1. The van der Waals surface area contributed by atoms with E-state index in [4.69, 9.17) is 5.11 Å². The summed E-state index contributed by atoms with van der Waals surface area (Å²) < 4.78 is 24.6. The lowest BCUT2D eigenvalue weighted by Crippen LogP contribution is -2.21. The molecule has 94 valence electrons. The molecule has 1 heterocycles. The van der Waals surface area contributed by atoms with Crippen molar-refractivity contribution in [1.82, 2.24) is 3.97 Å². The van der Waals surface area contributed by atoms with Gasteiger partial charge in [0.15, 0.2) is 0 Å². The number of aliphatic carboxylic acids is 1. The second-order valence-corrected chi connectivity index (χ2v) is 6.33. The van der Waals surface area contributed by atoms with Gasteiger partial charge < -0.3 is 5.11 Å². The monoisotopic (exact) mass is 257 g/mol. The number of carboxylic acid groups (broad SMARTS) is 1. The van der Waals surface area contributed by atoms with Crippen LogP contribution in [0.15, 0.2) is 6.07 Å².